The molecule has 0 amide bonds. The summed E-state index contributed by atoms with van der Waals surface area (Å²) >= 11 is 0. The van der Waals surface area contributed by atoms with Crippen LogP contribution in [-0.4, -0.2) is 30.4 Å². The van der Waals surface area contributed by atoms with Crippen LogP contribution in [0.25, 0.3) is 11.1 Å². The highest BCUT2D eigenvalue weighted by molar-refractivity contribution is 6.62. The van der Waals surface area contributed by atoms with Gasteiger partial charge in [-0.2, -0.15) is 0 Å². The number of hydrogen-bond donors (Lipinski definition) is 0. The molecule has 1 aliphatic rings. The maximum Gasteiger partial charge on any atom is 0.496 e. The quantitative estimate of drug-likeness (QED) is 0.817. The third-order valence-corrected chi connectivity index (χ3v) is 4.71. The number of hydrogen-bond acceptors (Lipinski definition) is 4. The van der Waals surface area contributed by atoms with Crippen molar-refractivity contribution < 1.29 is 14.0 Å². The molecule has 0 unspecified atom stereocenters. The Kier molecular flexibility index (Phi) is 3.94. The molecule has 0 bridgehead atoms. The SMILES string of the molecule is COc1ccc(-c2cncc(B3OC(C)(C)C(C)(C)O3)c2)cc1. The van der Waals surface area contributed by atoms with Crippen LogP contribution in [0, 0.1) is 0 Å². The van der Waals surface area contributed by atoms with E-state index in [4.69, 9.17) is 14.0 Å². The van der Waals surface area contributed by atoms with Gasteiger partial charge in [0.05, 0.1) is 18.3 Å². The van der Waals surface area contributed by atoms with Gasteiger partial charge in [-0.15, -0.1) is 0 Å². The molecule has 2 aromatic rings. The Balaban J connectivity index is 1.88. The summed E-state index contributed by atoms with van der Waals surface area (Å²) < 4.78 is 17.4. The maximum absolute atomic E-state index is 6.10. The second kappa shape index (κ2) is 5.66. The van der Waals surface area contributed by atoms with Crippen molar-refractivity contribution in [3.63, 3.8) is 0 Å². The van der Waals surface area contributed by atoms with Crippen LogP contribution in [0.2, 0.25) is 0 Å². The van der Waals surface area contributed by atoms with E-state index in [1.165, 1.54) is 0 Å². The number of methoxy groups -OCH3 is 1. The Hall–Kier alpha value is -1.85. The molecule has 4 nitrogen and oxygen atoms in total. The molecule has 2 heterocycles. The summed E-state index contributed by atoms with van der Waals surface area (Å²) in [6.45, 7) is 8.20. The van der Waals surface area contributed by atoms with Crippen molar-refractivity contribution >= 4 is 12.6 Å². The van der Waals surface area contributed by atoms with Gasteiger partial charge in [-0.1, -0.05) is 18.2 Å². The molecule has 5 heteroatoms. The summed E-state index contributed by atoms with van der Waals surface area (Å²) in [6, 6.07) is 9.98. The van der Waals surface area contributed by atoms with E-state index in [2.05, 4.69) is 11.1 Å². The van der Waals surface area contributed by atoms with Crippen molar-refractivity contribution in [2.24, 2.45) is 0 Å². The highest BCUT2D eigenvalue weighted by atomic mass is 16.7. The lowest BCUT2D eigenvalue weighted by Gasteiger charge is -2.32. The van der Waals surface area contributed by atoms with Gasteiger partial charge in [0.1, 0.15) is 5.75 Å². The Morgan fingerprint density at radius 3 is 2.09 bits per heavy atom. The molecule has 23 heavy (non-hydrogen) atoms. The van der Waals surface area contributed by atoms with E-state index in [0.717, 1.165) is 22.3 Å². The number of nitrogens with zero attached hydrogens (tertiary/aromatic N) is 1. The zero-order valence-corrected chi connectivity index (χ0v) is 14.3. The molecule has 0 radical (unpaired) electrons. The fraction of sp³-hybridized carbons (Fsp3) is 0.389. The normalized spacial score (nSPS) is 18.9. The van der Waals surface area contributed by atoms with Crippen LogP contribution in [0.5, 0.6) is 5.75 Å². The van der Waals surface area contributed by atoms with Gasteiger partial charge < -0.3 is 14.0 Å². The van der Waals surface area contributed by atoms with E-state index in [-0.39, 0.29) is 11.2 Å². The first kappa shape index (κ1) is 16.0. The smallest absolute Gasteiger partial charge is 0.496 e. The number of pyridine rings is 1. The van der Waals surface area contributed by atoms with Crippen LogP contribution >= 0.6 is 0 Å². The van der Waals surface area contributed by atoms with Crippen molar-refractivity contribution in [3.05, 3.63) is 42.7 Å². The second-order valence-corrected chi connectivity index (χ2v) is 6.82. The third-order valence-electron chi connectivity index (χ3n) is 4.71. The van der Waals surface area contributed by atoms with Crippen molar-refractivity contribution in [3.8, 4) is 16.9 Å². The molecule has 3 rings (SSSR count). The van der Waals surface area contributed by atoms with Gasteiger partial charge in [0, 0.05) is 17.9 Å². The number of rotatable bonds is 3. The standard InChI is InChI=1S/C18H22BNO3/c1-17(2)18(3,4)23-19(22-17)15-10-14(11-20-12-15)13-6-8-16(21-5)9-7-13/h6-12H,1-5H3. The molecular formula is C18H22BNO3. The van der Waals surface area contributed by atoms with Crippen LogP contribution < -0.4 is 10.2 Å². The van der Waals surface area contributed by atoms with Crippen LogP contribution in [0.15, 0.2) is 42.7 Å². The first-order valence-corrected chi connectivity index (χ1v) is 7.77. The monoisotopic (exact) mass is 311 g/mol. The summed E-state index contributed by atoms with van der Waals surface area (Å²) in [5, 5.41) is 0. The first-order chi connectivity index (χ1) is 10.8. The zero-order chi connectivity index (χ0) is 16.7. The van der Waals surface area contributed by atoms with Gasteiger partial charge in [0.2, 0.25) is 0 Å². The molecule has 0 spiro atoms. The average Bonchev–Trinajstić information content (AvgIpc) is 2.76. The molecule has 0 aliphatic carbocycles. The maximum atomic E-state index is 6.10. The fourth-order valence-electron chi connectivity index (χ4n) is 2.51. The molecule has 1 aromatic carbocycles. The molecule has 1 saturated heterocycles. The topological polar surface area (TPSA) is 40.6 Å². The highest BCUT2D eigenvalue weighted by Gasteiger charge is 2.51. The molecule has 0 N–H and O–H groups in total. The van der Waals surface area contributed by atoms with Gasteiger partial charge >= 0.3 is 7.12 Å². The summed E-state index contributed by atoms with van der Waals surface area (Å²) in [5.41, 5.74) is 2.33. The lowest BCUT2D eigenvalue weighted by molar-refractivity contribution is 0.00578. The Bertz CT molecular complexity index is 682. The Morgan fingerprint density at radius 2 is 1.52 bits per heavy atom. The van der Waals surface area contributed by atoms with Gasteiger partial charge in [-0.05, 0) is 51.0 Å². The van der Waals surface area contributed by atoms with Crippen molar-refractivity contribution in [1.82, 2.24) is 4.98 Å². The Labute approximate surface area is 137 Å². The van der Waals surface area contributed by atoms with E-state index in [0.29, 0.717) is 0 Å². The minimum atomic E-state index is -0.398. The summed E-state index contributed by atoms with van der Waals surface area (Å²) in [6.07, 6.45) is 3.64. The van der Waals surface area contributed by atoms with Gasteiger partial charge in [-0.25, -0.2) is 0 Å². The molecule has 1 fully saturated rings. The summed E-state index contributed by atoms with van der Waals surface area (Å²) in [7, 11) is 1.26. The first-order valence-electron chi connectivity index (χ1n) is 7.77. The minimum Gasteiger partial charge on any atom is -0.497 e. The summed E-state index contributed by atoms with van der Waals surface area (Å²) in [4.78, 5) is 4.35. The van der Waals surface area contributed by atoms with E-state index in [9.17, 15) is 0 Å². The van der Waals surface area contributed by atoms with Crippen molar-refractivity contribution in [1.29, 1.82) is 0 Å². The zero-order valence-electron chi connectivity index (χ0n) is 14.3. The second-order valence-electron chi connectivity index (χ2n) is 6.82. The predicted octanol–water partition coefficient (Wildman–Crippen LogP) is 3.06. The van der Waals surface area contributed by atoms with Crippen LogP contribution in [0.3, 0.4) is 0 Å². The molecule has 120 valence electrons. The lowest BCUT2D eigenvalue weighted by Crippen LogP contribution is -2.41. The van der Waals surface area contributed by atoms with Gasteiger partial charge in [0.25, 0.3) is 0 Å². The van der Waals surface area contributed by atoms with E-state index in [1.807, 2.05) is 58.2 Å². The van der Waals surface area contributed by atoms with Crippen LogP contribution in [0.4, 0.5) is 0 Å². The molecule has 1 aromatic heterocycles. The predicted molar refractivity (Wildman–Crippen MR) is 91.9 cm³/mol. The van der Waals surface area contributed by atoms with Gasteiger partial charge in [0.15, 0.2) is 0 Å². The van der Waals surface area contributed by atoms with Gasteiger partial charge in [-0.3, -0.25) is 4.98 Å². The highest BCUT2D eigenvalue weighted by Crippen LogP contribution is 2.36. The number of benzene rings is 1. The molecular weight excluding hydrogens is 289 g/mol. The van der Waals surface area contributed by atoms with E-state index in [1.54, 1.807) is 13.3 Å². The summed E-state index contributed by atoms with van der Waals surface area (Å²) in [5.74, 6) is 0.837. The lowest BCUT2D eigenvalue weighted by atomic mass is 9.79. The van der Waals surface area contributed by atoms with Crippen LogP contribution in [-0.2, 0) is 9.31 Å². The van der Waals surface area contributed by atoms with E-state index >= 15 is 0 Å². The Morgan fingerprint density at radius 1 is 0.913 bits per heavy atom. The molecule has 0 saturated carbocycles. The van der Waals surface area contributed by atoms with E-state index < -0.39 is 7.12 Å². The minimum absolute atomic E-state index is 0.353. The fourth-order valence-corrected chi connectivity index (χ4v) is 2.51. The van der Waals surface area contributed by atoms with Crippen LogP contribution in [0.1, 0.15) is 27.7 Å². The largest absolute Gasteiger partial charge is 0.497 e. The van der Waals surface area contributed by atoms with Crippen molar-refractivity contribution in [2.75, 3.05) is 7.11 Å². The number of ether oxygens (including phenoxy) is 1. The average molecular weight is 311 g/mol. The van der Waals surface area contributed by atoms with Crippen molar-refractivity contribution in [2.45, 2.75) is 38.9 Å². The molecule has 0 atom stereocenters. The third kappa shape index (κ3) is 2.99. The number of aromatic nitrogens is 1. The molecule has 1 aliphatic heterocycles.